The van der Waals surface area contributed by atoms with Gasteiger partial charge in [-0.2, -0.15) is 0 Å². The van der Waals surface area contributed by atoms with Gasteiger partial charge in [0.2, 0.25) is 0 Å². The Morgan fingerprint density at radius 3 is 2.75 bits per heavy atom. The van der Waals surface area contributed by atoms with E-state index in [1.54, 1.807) is 6.08 Å². The molecule has 0 bridgehead atoms. The molecule has 0 radical (unpaired) electrons. The molecule has 0 aliphatic rings. The molecule has 86 valence electrons. The third-order valence-corrected chi connectivity index (χ3v) is 2.11. The summed E-state index contributed by atoms with van der Waals surface area (Å²) in [5.74, 6) is 4.72. The molecule has 0 aliphatic carbocycles. The van der Waals surface area contributed by atoms with Crippen LogP contribution in [0.3, 0.4) is 0 Å². The van der Waals surface area contributed by atoms with Crippen molar-refractivity contribution in [1.29, 1.82) is 0 Å². The number of carbonyl (C=O) groups is 1. The van der Waals surface area contributed by atoms with Crippen molar-refractivity contribution in [1.82, 2.24) is 5.43 Å². The second kappa shape index (κ2) is 6.76. The highest BCUT2D eigenvalue weighted by Gasteiger charge is 2.16. The van der Waals surface area contributed by atoms with E-state index in [9.17, 15) is 4.79 Å². The first-order chi connectivity index (χ1) is 7.77. The van der Waals surface area contributed by atoms with Crippen LogP contribution in [0.5, 0.6) is 0 Å². The highest BCUT2D eigenvalue weighted by Crippen LogP contribution is 2.06. The zero-order valence-electron chi connectivity index (χ0n) is 9.06. The highest BCUT2D eigenvalue weighted by molar-refractivity contribution is 5.80. The Bertz CT molecular complexity index is 338. The Kier molecular flexibility index (Phi) is 5.25. The van der Waals surface area contributed by atoms with Crippen molar-refractivity contribution in [2.24, 2.45) is 5.84 Å². The maximum absolute atomic E-state index is 11.3. The Morgan fingerprint density at radius 1 is 1.50 bits per heavy atom. The number of hydrogen-bond donors (Lipinski definition) is 2. The summed E-state index contributed by atoms with van der Waals surface area (Å²) in [7, 11) is 0. The summed E-state index contributed by atoms with van der Waals surface area (Å²) in [6, 6.07) is 9.64. The van der Waals surface area contributed by atoms with Crippen LogP contribution < -0.4 is 11.3 Å². The Hall–Kier alpha value is -1.65. The molecule has 0 heterocycles. The molecule has 0 spiro atoms. The van der Waals surface area contributed by atoms with Gasteiger partial charge in [-0.05, 0) is 5.56 Å². The molecule has 0 aromatic heterocycles. The van der Waals surface area contributed by atoms with E-state index in [4.69, 9.17) is 10.6 Å². The number of amides is 1. The second-order valence-corrected chi connectivity index (χ2v) is 3.32. The van der Waals surface area contributed by atoms with Crippen LogP contribution in [-0.4, -0.2) is 12.0 Å². The number of carbonyl (C=O) groups excluding carboxylic acids is 1. The third kappa shape index (κ3) is 3.84. The van der Waals surface area contributed by atoms with Gasteiger partial charge in [0.25, 0.3) is 5.91 Å². The lowest BCUT2D eigenvalue weighted by Gasteiger charge is -2.14. The van der Waals surface area contributed by atoms with E-state index < -0.39 is 6.10 Å². The molecule has 0 saturated carbocycles. The van der Waals surface area contributed by atoms with Gasteiger partial charge < -0.3 is 4.74 Å². The minimum Gasteiger partial charge on any atom is -0.363 e. The molecular formula is C12H16N2O2. The van der Waals surface area contributed by atoms with E-state index >= 15 is 0 Å². The van der Waals surface area contributed by atoms with Crippen molar-refractivity contribution < 1.29 is 9.53 Å². The van der Waals surface area contributed by atoms with Crippen LogP contribution in [-0.2, 0) is 16.1 Å². The standard InChI is InChI=1S/C12H16N2O2/c1-2-6-11(12(15)14-13)16-9-10-7-4-3-5-8-10/h2-5,7-8,11H,1,6,9,13H2,(H,14,15). The van der Waals surface area contributed by atoms with Crippen molar-refractivity contribution >= 4 is 5.91 Å². The number of benzene rings is 1. The lowest BCUT2D eigenvalue weighted by Crippen LogP contribution is -2.40. The monoisotopic (exact) mass is 220 g/mol. The van der Waals surface area contributed by atoms with Gasteiger partial charge >= 0.3 is 0 Å². The summed E-state index contributed by atoms with van der Waals surface area (Å²) < 4.78 is 5.46. The van der Waals surface area contributed by atoms with E-state index in [2.05, 4.69) is 12.0 Å². The Balaban J connectivity index is 2.50. The van der Waals surface area contributed by atoms with Crippen molar-refractivity contribution in [3.63, 3.8) is 0 Å². The molecule has 1 aromatic carbocycles. The largest absolute Gasteiger partial charge is 0.363 e. The van der Waals surface area contributed by atoms with Crippen LogP contribution in [0.1, 0.15) is 12.0 Å². The van der Waals surface area contributed by atoms with Crippen molar-refractivity contribution in [3.05, 3.63) is 48.6 Å². The van der Waals surface area contributed by atoms with E-state index in [0.29, 0.717) is 13.0 Å². The fraction of sp³-hybridized carbons (Fsp3) is 0.250. The lowest BCUT2D eigenvalue weighted by molar-refractivity contribution is -0.133. The normalized spacial score (nSPS) is 11.8. The first-order valence-corrected chi connectivity index (χ1v) is 5.04. The molecule has 1 aromatic rings. The number of nitrogens with one attached hydrogen (secondary N) is 1. The first-order valence-electron chi connectivity index (χ1n) is 5.04. The van der Waals surface area contributed by atoms with Crippen molar-refractivity contribution in [2.75, 3.05) is 0 Å². The van der Waals surface area contributed by atoms with Crippen molar-refractivity contribution in [3.8, 4) is 0 Å². The SMILES string of the molecule is C=CCC(OCc1ccccc1)C(=O)NN. The van der Waals surface area contributed by atoms with Gasteiger partial charge in [0, 0.05) is 6.42 Å². The van der Waals surface area contributed by atoms with Crippen LogP contribution in [0.4, 0.5) is 0 Å². The molecular weight excluding hydrogens is 204 g/mol. The number of hydrogen-bond acceptors (Lipinski definition) is 3. The molecule has 0 aliphatic heterocycles. The molecule has 16 heavy (non-hydrogen) atoms. The minimum absolute atomic E-state index is 0.337. The quantitative estimate of drug-likeness (QED) is 0.327. The zero-order chi connectivity index (χ0) is 11.8. The molecule has 4 nitrogen and oxygen atoms in total. The van der Waals surface area contributed by atoms with Crippen LogP contribution >= 0.6 is 0 Å². The number of nitrogens with two attached hydrogens (primary N) is 1. The smallest absolute Gasteiger partial charge is 0.263 e. The van der Waals surface area contributed by atoms with Crippen molar-refractivity contribution in [2.45, 2.75) is 19.1 Å². The molecule has 1 rings (SSSR count). The molecule has 1 unspecified atom stereocenters. The summed E-state index contributed by atoms with van der Waals surface area (Å²) in [6.45, 7) is 3.95. The predicted molar refractivity (Wildman–Crippen MR) is 62.2 cm³/mol. The van der Waals surface area contributed by atoms with Gasteiger partial charge in [0.15, 0.2) is 0 Å². The van der Waals surface area contributed by atoms with Crippen LogP contribution in [0.2, 0.25) is 0 Å². The first kappa shape index (κ1) is 12.4. The topological polar surface area (TPSA) is 64.3 Å². The van der Waals surface area contributed by atoms with Gasteiger partial charge in [-0.3, -0.25) is 10.2 Å². The van der Waals surface area contributed by atoms with Crippen LogP contribution in [0.15, 0.2) is 43.0 Å². The molecule has 1 amide bonds. The van der Waals surface area contributed by atoms with E-state index in [1.807, 2.05) is 30.3 Å². The average molecular weight is 220 g/mol. The number of rotatable bonds is 6. The molecule has 4 heteroatoms. The van der Waals surface area contributed by atoms with Gasteiger partial charge in [0.1, 0.15) is 6.10 Å². The Labute approximate surface area is 95.1 Å². The average Bonchev–Trinajstić information content (AvgIpc) is 2.34. The lowest BCUT2D eigenvalue weighted by atomic mass is 10.2. The van der Waals surface area contributed by atoms with Gasteiger partial charge in [-0.25, -0.2) is 5.84 Å². The zero-order valence-corrected chi connectivity index (χ0v) is 9.06. The molecule has 1 atom stereocenters. The van der Waals surface area contributed by atoms with Gasteiger partial charge in [-0.15, -0.1) is 6.58 Å². The summed E-state index contributed by atoms with van der Waals surface area (Å²) in [5.41, 5.74) is 3.09. The number of ether oxygens (including phenoxy) is 1. The predicted octanol–water partition coefficient (Wildman–Crippen LogP) is 1.14. The maximum Gasteiger partial charge on any atom is 0.263 e. The molecule has 0 fully saturated rings. The summed E-state index contributed by atoms with van der Waals surface area (Å²) >= 11 is 0. The maximum atomic E-state index is 11.3. The fourth-order valence-electron chi connectivity index (χ4n) is 1.27. The second-order valence-electron chi connectivity index (χ2n) is 3.32. The van der Waals surface area contributed by atoms with Gasteiger partial charge in [0.05, 0.1) is 6.61 Å². The highest BCUT2D eigenvalue weighted by atomic mass is 16.5. The van der Waals surface area contributed by atoms with E-state index in [1.165, 1.54) is 0 Å². The Morgan fingerprint density at radius 2 is 2.19 bits per heavy atom. The summed E-state index contributed by atoms with van der Waals surface area (Å²) in [6.07, 6.45) is 1.49. The molecule has 3 N–H and O–H groups in total. The minimum atomic E-state index is -0.581. The third-order valence-electron chi connectivity index (χ3n) is 2.11. The van der Waals surface area contributed by atoms with E-state index in [-0.39, 0.29) is 5.91 Å². The van der Waals surface area contributed by atoms with Crippen LogP contribution in [0.25, 0.3) is 0 Å². The van der Waals surface area contributed by atoms with Gasteiger partial charge in [-0.1, -0.05) is 36.4 Å². The van der Waals surface area contributed by atoms with E-state index in [0.717, 1.165) is 5.56 Å². The number of hydrazine groups is 1. The fourth-order valence-corrected chi connectivity index (χ4v) is 1.27. The van der Waals surface area contributed by atoms with Crippen LogP contribution in [0, 0.1) is 0 Å². The summed E-state index contributed by atoms with van der Waals surface area (Å²) in [5, 5.41) is 0. The molecule has 0 saturated heterocycles. The summed E-state index contributed by atoms with van der Waals surface area (Å²) in [4.78, 5) is 11.3.